The average molecular weight is 261 g/mol. The molecule has 0 aliphatic rings. The molecule has 0 bridgehead atoms. The third-order valence-electron chi connectivity index (χ3n) is 3.96. The van der Waals surface area contributed by atoms with Crippen molar-refractivity contribution in [3.63, 3.8) is 0 Å². The average Bonchev–Trinajstić information content (AvgIpc) is 2.27. The van der Waals surface area contributed by atoms with Crippen LogP contribution >= 0.6 is 0 Å². The summed E-state index contributed by atoms with van der Waals surface area (Å²) in [5, 5.41) is 3.69. The van der Waals surface area contributed by atoms with Crippen LogP contribution in [-0.2, 0) is 0 Å². The third-order valence-corrected chi connectivity index (χ3v) is 3.96. The van der Waals surface area contributed by atoms with Crippen LogP contribution in [0.25, 0.3) is 0 Å². The standard InChI is InChI=1S/C18H31N/c1-7-9-13(3)12-17(19-8-2)18-15(5)10-14(4)11-16(18)6/h10-11,13,17,19H,7-9,12H2,1-6H3. The molecule has 1 heteroatoms. The molecular formula is C18H31N. The summed E-state index contributed by atoms with van der Waals surface area (Å²) in [5.41, 5.74) is 5.77. The van der Waals surface area contributed by atoms with Crippen LogP contribution in [0, 0.1) is 26.7 Å². The molecule has 0 heterocycles. The van der Waals surface area contributed by atoms with Crippen molar-refractivity contribution in [1.82, 2.24) is 5.32 Å². The van der Waals surface area contributed by atoms with Gasteiger partial charge in [-0.2, -0.15) is 0 Å². The first kappa shape index (κ1) is 16.2. The molecule has 2 unspecified atom stereocenters. The van der Waals surface area contributed by atoms with Crippen LogP contribution < -0.4 is 5.32 Å². The Hall–Kier alpha value is -0.820. The number of aryl methyl sites for hydroxylation is 3. The summed E-state index contributed by atoms with van der Waals surface area (Å²) in [4.78, 5) is 0. The van der Waals surface area contributed by atoms with Gasteiger partial charge < -0.3 is 5.32 Å². The molecule has 0 aromatic heterocycles. The first-order valence-corrected chi connectivity index (χ1v) is 7.80. The van der Waals surface area contributed by atoms with Gasteiger partial charge in [0, 0.05) is 6.04 Å². The molecule has 2 atom stereocenters. The van der Waals surface area contributed by atoms with E-state index in [0.29, 0.717) is 6.04 Å². The fraction of sp³-hybridized carbons (Fsp3) is 0.667. The van der Waals surface area contributed by atoms with E-state index in [9.17, 15) is 0 Å². The van der Waals surface area contributed by atoms with Crippen molar-refractivity contribution in [2.45, 2.75) is 66.8 Å². The first-order chi connectivity index (χ1) is 8.99. The normalized spacial score (nSPS) is 14.4. The zero-order valence-corrected chi connectivity index (χ0v) is 13.6. The van der Waals surface area contributed by atoms with Gasteiger partial charge >= 0.3 is 0 Å². The van der Waals surface area contributed by atoms with Crippen molar-refractivity contribution in [2.75, 3.05) is 6.54 Å². The fourth-order valence-electron chi connectivity index (χ4n) is 3.30. The number of hydrogen-bond acceptors (Lipinski definition) is 1. The van der Waals surface area contributed by atoms with E-state index < -0.39 is 0 Å². The molecule has 0 aliphatic heterocycles. The lowest BCUT2D eigenvalue weighted by atomic mass is 9.87. The summed E-state index contributed by atoms with van der Waals surface area (Å²) in [6.07, 6.45) is 3.85. The van der Waals surface area contributed by atoms with Gasteiger partial charge in [-0.15, -0.1) is 0 Å². The molecule has 1 aromatic rings. The summed E-state index contributed by atoms with van der Waals surface area (Å²) in [5.74, 6) is 0.786. The SMILES string of the molecule is CCCC(C)CC(NCC)c1c(C)cc(C)cc1C. The van der Waals surface area contributed by atoms with E-state index in [0.717, 1.165) is 12.5 Å². The Bertz CT molecular complexity index is 372. The second kappa shape index (κ2) is 7.69. The molecule has 0 saturated heterocycles. The number of rotatable bonds is 7. The van der Waals surface area contributed by atoms with Crippen molar-refractivity contribution in [2.24, 2.45) is 5.92 Å². The molecule has 1 rings (SSSR count). The summed E-state index contributed by atoms with van der Waals surface area (Å²) < 4.78 is 0. The van der Waals surface area contributed by atoms with Gasteiger partial charge in [-0.1, -0.05) is 51.3 Å². The third kappa shape index (κ3) is 4.65. The molecule has 0 spiro atoms. The van der Waals surface area contributed by atoms with E-state index in [2.05, 4.69) is 59.0 Å². The van der Waals surface area contributed by atoms with Gasteiger partial charge in [0.15, 0.2) is 0 Å². The molecule has 0 aliphatic carbocycles. The minimum atomic E-state index is 0.507. The summed E-state index contributed by atoms with van der Waals surface area (Å²) in [6.45, 7) is 14.6. The molecule has 1 nitrogen and oxygen atoms in total. The highest BCUT2D eigenvalue weighted by atomic mass is 14.9. The topological polar surface area (TPSA) is 12.0 Å². The molecule has 1 aromatic carbocycles. The lowest BCUT2D eigenvalue weighted by Crippen LogP contribution is -2.24. The van der Waals surface area contributed by atoms with Crippen molar-refractivity contribution in [1.29, 1.82) is 0 Å². The summed E-state index contributed by atoms with van der Waals surface area (Å²) >= 11 is 0. The molecule has 0 amide bonds. The van der Waals surface area contributed by atoms with Gasteiger partial charge in [-0.3, -0.25) is 0 Å². The van der Waals surface area contributed by atoms with Gasteiger partial charge in [-0.25, -0.2) is 0 Å². The molecular weight excluding hydrogens is 230 g/mol. The van der Waals surface area contributed by atoms with Gasteiger partial charge in [-0.05, 0) is 56.3 Å². The van der Waals surface area contributed by atoms with Crippen molar-refractivity contribution < 1.29 is 0 Å². The quantitative estimate of drug-likeness (QED) is 0.721. The van der Waals surface area contributed by atoms with Crippen LogP contribution in [0.5, 0.6) is 0 Å². The number of nitrogens with one attached hydrogen (secondary N) is 1. The van der Waals surface area contributed by atoms with Gasteiger partial charge in [0.05, 0.1) is 0 Å². The zero-order valence-electron chi connectivity index (χ0n) is 13.6. The molecule has 1 N–H and O–H groups in total. The predicted molar refractivity (Wildman–Crippen MR) is 85.8 cm³/mol. The number of hydrogen-bond donors (Lipinski definition) is 1. The molecule has 108 valence electrons. The first-order valence-electron chi connectivity index (χ1n) is 7.80. The Balaban J connectivity index is 2.98. The maximum absolute atomic E-state index is 3.69. The lowest BCUT2D eigenvalue weighted by molar-refractivity contribution is 0.393. The largest absolute Gasteiger partial charge is 0.310 e. The van der Waals surface area contributed by atoms with Gasteiger partial charge in [0.2, 0.25) is 0 Å². The molecule has 0 fully saturated rings. The minimum absolute atomic E-state index is 0.507. The Morgan fingerprint density at radius 3 is 2.11 bits per heavy atom. The van der Waals surface area contributed by atoms with Gasteiger partial charge in [0.25, 0.3) is 0 Å². The second-order valence-electron chi connectivity index (χ2n) is 6.05. The van der Waals surface area contributed by atoms with Crippen LogP contribution in [0.1, 0.15) is 68.3 Å². The molecule has 0 radical (unpaired) electrons. The molecule has 19 heavy (non-hydrogen) atoms. The Morgan fingerprint density at radius 1 is 1.05 bits per heavy atom. The predicted octanol–water partition coefficient (Wildman–Crippen LogP) is 5.09. The minimum Gasteiger partial charge on any atom is -0.310 e. The smallest absolute Gasteiger partial charge is 0.0327 e. The lowest BCUT2D eigenvalue weighted by Gasteiger charge is -2.26. The Kier molecular flexibility index (Phi) is 6.57. The van der Waals surface area contributed by atoms with Gasteiger partial charge in [0.1, 0.15) is 0 Å². The van der Waals surface area contributed by atoms with Crippen LogP contribution in [0.4, 0.5) is 0 Å². The van der Waals surface area contributed by atoms with E-state index in [-0.39, 0.29) is 0 Å². The van der Waals surface area contributed by atoms with Crippen LogP contribution in [0.15, 0.2) is 12.1 Å². The van der Waals surface area contributed by atoms with E-state index in [4.69, 9.17) is 0 Å². The summed E-state index contributed by atoms with van der Waals surface area (Å²) in [6, 6.07) is 5.14. The van der Waals surface area contributed by atoms with Crippen molar-refractivity contribution in [3.05, 3.63) is 34.4 Å². The second-order valence-corrected chi connectivity index (χ2v) is 6.05. The van der Waals surface area contributed by atoms with E-state index in [1.165, 1.54) is 41.5 Å². The highest BCUT2D eigenvalue weighted by Gasteiger charge is 2.18. The highest BCUT2D eigenvalue weighted by Crippen LogP contribution is 2.29. The summed E-state index contributed by atoms with van der Waals surface area (Å²) in [7, 11) is 0. The van der Waals surface area contributed by atoms with Crippen molar-refractivity contribution >= 4 is 0 Å². The zero-order chi connectivity index (χ0) is 14.4. The fourth-order valence-corrected chi connectivity index (χ4v) is 3.30. The highest BCUT2D eigenvalue weighted by molar-refractivity contribution is 5.39. The number of benzene rings is 1. The van der Waals surface area contributed by atoms with E-state index >= 15 is 0 Å². The van der Waals surface area contributed by atoms with E-state index in [1.54, 1.807) is 0 Å². The van der Waals surface area contributed by atoms with E-state index in [1.807, 2.05) is 0 Å². The van der Waals surface area contributed by atoms with Crippen LogP contribution in [0.3, 0.4) is 0 Å². The Morgan fingerprint density at radius 2 is 1.63 bits per heavy atom. The maximum Gasteiger partial charge on any atom is 0.0327 e. The van der Waals surface area contributed by atoms with Crippen molar-refractivity contribution in [3.8, 4) is 0 Å². The monoisotopic (exact) mass is 261 g/mol. The maximum atomic E-state index is 3.69. The van der Waals surface area contributed by atoms with Crippen LogP contribution in [-0.4, -0.2) is 6.54 Å². The van der Waals surface area contributed by atoms with Crippen LogP contribution in [0.2, 0.25) is 0 Å². The molecule has 0 saturated carbocycles. The Labute approximate surface area is 119 Å².